The number of hydrogen-bond donors (Lipinski definition) is 0. The standard InChI is InChI=1S/2C6H5.ClH.HI.Sb/c2*1-2-4-6-5-3-1;;;/h2*1-5H;2*1H;/q;;;;+1/p-1. The van der Waals surface area contributed by atoms with Crippen molar-refractivity contribution < 1.29 is 0 Å². The van der Waals surface area contributed by atoms with Gasteiger partial charge in [0.05, 0.1) is 0 Å². The first-order chi connectivity index (χ1) is 6.88. The van der Waals surface area contributed by atoms with Crippen LogP contribution in [-0.2, 0) is 0 Å². The van der Waals surface area contributed by atoms with Gasteiger partial charge in [0.15, 0.2) is 0 Å². The SMILES string of the molecule is I.[Cl][Sb]([c]1ccccc1)[c]1ccccc1. The summed E-state index contributed by atoms with van der Waals surface area (Å²) in [5.41, 5.74) is 0. The first kappa shape index (κ1) is 13.3. The Morgan fingerprint density at radius 1 is 0.667 bits per heavy atom. The van der Waals surface area contributed by atoms with Gasteiger partial charge in [0, 0.05) is 0 Å². The molecule has 3 heteroatoms. The van der Waals surface area contributed by atoms with E-state index in [0.717, 1.165) is 0 Å². The van der Waals surface area contributed by atoms with Gasteiger partial charge >= 0.3 is 95.6 Å². The summed E-state index contributed by atoms with van der Waals surface area (Å²) < 4.78 is 2.65. The van der Waals surface area contributed by atoms with Gasteiger partial charge in [-0.25, -0.2) is 0 Å². The van der Waals surface area contributed by atoms with Crippen LogP contribution in [-0.4, -0.2) is 19.1 Å². The Hall–Kier alpha value is 0.278. The molecular weight excluding hydrogens is 428 g/mol. The number of halogens is 2. The van der Waals surface area contributed by atoms with Gasteiger partial charge in [0.1, 0.15) is 0 Å². The first-order valence-electron chi connectivity index (χ1n) is 4.44. The fourth-order valence-electron chi connectivity index (χ4n) is 1.27. The van der Waals surface area contributed by atoms with E-state index in [0.29, 0.717) is 0 Å². The quantitative estimate of drug-likeness (QED) is 0.499. The molecule has 2 aromatic rings. The van der Waals surface area contributed by atoms with E-state index in [1.807, 2.05) is 12.1 Å². The molecule has 15 heavy (non-hydrogen) atoms. The van der Waals surface area contributed by atoms with Crippen LogP contribution in [0.1, 0.15) is 0 Å². The second kappa shape index (κ2) is 6.77. The molecule has 0 radical (unpaired) electrons. The maximum atomic E-state index is 6.51. The summed E-state index contributed by atoms with van der Waals surface area (Å²) in [5.74, 6) is 0. The molecule has 0 bridgehead atoms. The Morgan fingerprint density at radius 3 is 1.33 bits per heavy atom. The first-order valence-corrected chi connectivity index (χ1v) is 10.2. The van der Waals surface area contributed by atoms with Crippen molar-refractivity contribution in [2.45, 2.75) is 0 Å². The van der Waals surface area contributed by atoms with Gasteiger partial charge < -0.3 is 0 Å². The van der Waals surface area contributed by atoms with Crippen molar-refractivity contribution in [1.82, 2.24) is 0 Å². The molecule has 0 spiro atoms. The Bertz CT molecular complexity index is 351. The second-order valence-electron chi connectivity index (χ2n) is 2.95. The molecule has 0 nitrogen and oxygen atoms in total. The minimum absolute atomic E-state index is 0. The average Bonchev–Trinajstić information content (AvgIpc) is 2.30. The minimum atomic E-state index is -1.90. The van der Waals surface area contributed by atoms with Gasteiger partial charge in [0.25, 0.3) is 0 Å². The molecule has 0 N–H and O–H groups in total. The molecule has 0 aliphatic heterocycles. The molecule has 0 aliphatic carbocycles. The summed E-state index contributed by atoms with van der Waals surface area (Å²) in [6, 6.07) is 20.8. The Morgan fingerprint density at radius 2 is 1.00 bits per heavy atom. The molecule has 78 valence electrons. The van der Waals surface area contributed by atoms with Gasteiger partial charge in [-0.1, -0.05) is 0 Å². The van der Waals surface area contributed by atoms with Crippen LogP contribution in [0, 0.1) is 0 Å². The van der Waals surface area contributed by atoms with E-state index in [-0.39, 0.29) is 24.0 Å². The zero-order valence-electron chi connectivity index (χ0n) is 8.01. The summed E-state index contributed by atoms with van der Waals surface area (Å²) >= 11 is -1.90. The van der Waals surface area contributed by atoms with Crippen LogP contribution in [0.4, 0.5) is 0 Å². The molecule has 0 heterocycles. The summed E-state index contributed by atoms with van der Waals surface area (Å²) in [4.78, 5) is 0. The van der Waals surface area contributed by atoms with Crippen LogP contribution in [0.25, 0.3) is 0 Å². The molecular formula is C12H11ClISb. The molecule has 0 fully saturated rings. The fourth-order valence-corrected chi connectivity index (χ4v) is 6.11. The van der Waals surface area contributed by atoms with Crippen LogP contribution in [0.15, 0.2) is 60.7 Å². The molecule has 0 saturated heterocycles. The number of hydrogen-bond acceptors (Lipinski definition) is 0. The third kappa shape index (κ3) is 3.65. The fraction of sp³-hybridized carbons (Fsp3) is 0. The molecule has 0 atom stereocenters. The van der Waals surface area contributed by atoms with Crippen molar-refractivity contribution in [2.24, 2.45) is 0 Å². The van der Waals surface area contributed by atoms with Crippen molar-refractivity contribution in [3.05, 3.63) is 60.7 Å². The van der Waals surface area contributed by atoms with E-state index < -0.39 is 19.1 Å². The zero-order valence-corrected chi connectivity index (χ0v) is 13.6. The molecule has 0 aromatic heterocycles. The van der Waals surface area contributed by atoms with Gasteiger partial charge in [-0.2, -0.15) is 0 Å². The molecule has 0 amide bonds. The van der Waals surface area contributed by atoms with E-state index in [2.05, 4.69) is 48.5 Å². The van der Waals surface area contributed by atoms with E-state index in [1.165, 1.54) is 7.02 Å². The van der Waals surface area contributed by atoms with E-state index in [1.54, 1.807) is 0 Å². The molecule has 2 aromatic carbocycles. The molecule has 2 rings (SSSR count). The van der Waals surface area contributed by atoms with E-state index in [4.69, 9.17) is 8.83 Å². The summed E-state index contributed by atoms with van der Waals surface area (Å²) in [6.45, 7) is 0. The predicted molar refractivity (Wildman–Crippen MR) is 79.2 cm³/mol. The average molecular weight is 439 g/mol. The van der Waals surface area contributed by atoms with Gasteiger partial charge in [-0.15, -0.1) is 24.0 Å². The van der Waals surface area contributed by atoms with Crippen LogP contribution in [0.5, 0.6) is 0 Å². The van der Waals surface area contributed by atoms with E-state index in [9.17, 15) is 0 Å². The predicted octanol–water partition coefficient (Wildman–Crippen LogP) is 2.65. The van der Waals surface area contributed by atoms with Crippen LogP contribution in [0.2, 0.25) is 0 Å². The Labute approximate surface area is 118 Å². The van der Waals surface area contributed by atoms with Crippen molar-refractivity contribution in [2.75, 3.05) is 0 Å². The van der Waals surface area contributed by atoms with Gasteiger partial charge in [-0.3, -0.25) is 0 Å². The summed E-state index contributed by atoms with van der Waals surface area (Å²) in [7, 11) is 6.51. The second-order valence-corrected chi connectivity index (χ2v) is 9.77. The van der Waals surface area contributed by atoms with Crippen LogP contribution >= 0.6 is 32.8 Å². The molecule has 0 unspecified atom stereocenters. The van der Waals surface area contributed by atoms with Crippen LogP contribution in [0.3, 0.4) is 0 Å². The van der Waals surface area contributed by atoms with Crippen molar-refractivity contribution in [3.63, 3.8) is 0 Å². The van der Waals surface area contributed by atoms with Crippen LogP contribution < -0.4 is 7.02 Å². The van der Waals surface area contributed by atoms with Gasteiger partial charge in [-0.05, 0) is 0 Å². The summed E-state index contributed by atoms with van der Waals surface area (Å²) in [6.07, 6.45) is 0. The Kier molecular flexibility index (Phi) is 6.03. The van der Waals surface area contributed by atoms with Crippen molar-refractivity contribution >= 4 is 58.9 Å². The monoisotopic (exact) mass is 438 g/mol. The molecule has 0 saturated carbocycles. The normalized spacial score (nSPS) is 9.73. The van der Waals surface area contributed by atoms with Gasteiger partial charge in [0.2, 0.25) is 0 Å². The summed E-state index contributed by atoms with van der Waals surface area (Å²) in [5, 5.41) is 0. The van der Waals surface area contributed by atoms with Crippen molar-refractivity contribution in [1.29, 1.82) is 0 Å². The Balaban J connectivity index is 0.00000112. The van der Waals surface area contributed by atoms with Crippen molar-refractivity contribution in [3.8, 4) is 0 Å². The molecule has 0 aliphatic rings. The number of benzene rings is 2. The maximum absolute atomic E-state index is 6.51. The van der Waals surface area contributed by atoms with E-state index >= 15 is 0 Å². The number of rotatable bonds is 2. The third-order valence-corrected chi connectivity index (χ3v) is 8.87. The third-order valence-electron chi connectivity index (χ3n) is 1.97. The zero-order chi connectivity index (χ0) is 9.80. The topological polar surface area (TPSA) is 0 Å².